The van der Waals surface area contributed by atoms with E-state index in [-0.39, 0.29) is 17.8 Å². The van der Waals surface area contributed by atoms with Gasteiger partial charge in [-0.3, -0.25) is 4.79 Å². The molecule has 0 aliphatic rings. The second-order valence-electron chi connectivity index (χ2n) is 3.66. The standard InChI is InChI=1S/C10H21N3O3/c1-4-5-8(9(11)13-15)10(14)12-6-7(2)16-3/h7-8,15H,4-6H2,1-3H3,(H2,11,13)(H,12,14). The third-order valence-corrected chi connectivity index (χ3v) is 2.33. The van der Waals surface area contributed by atoms with Gasteiger partial charge in [0.2, 0.25) is 5.91 Å². The van der Waals surface area contributed by atoms with Crippen molar-refractivity contribution in [3.05, 3.63) is 0 Å². The molecule has 0 aromatic heterocycles. The van der Waals surface area contributed by atoms with Gasteiger partial charge in [-0.1, -0.05) is 18.5 Å². The van der Waals surface area contributed by atoms with Crippen LogP contribution in [-0.4, -0.2) is 36.7 Å². The Kier molecular flexibility index (Phi) is 7.28. The molecular weight excluding hydrogens is 210 g/mol. The Bertz CT molecular complexity index is 243. The Labute approximate surface area is 95.8 Å². The first-order chi connectivity index (χ1) is 7.56. The van der Waals surface area contributed by atoms with E-state index in [4.69, 9.17) is 15.7 Å². The van der Waals surface area contributed by atoms with E-state index < -0.39 is 5.92 Å². The molecule has 6 heteroatoms. The summed E-state index contributed by atoms with van der Waals surface area (Å²) in [6.45, 7) is 4.19. The van der Waals surface area contributed by atoms with E-state index in [1.165, 1.54) is 0 Å². The highest BCUT2D eigenvalue weighted by Crippen LogP contribution is 2.06. The zero-order chi connectivity index (χ0) is 12.6. The van der Waals surface area contributed by atoms with E-state index in [0.29, 0.717) is 13.0 Å². The fraction of sp³-hybridized carbons (Fsp3) is 0.800. The minimum absolute atomic E-state index is 0.0515. The predicted molar refractivity (Wildman–Crippen MR) is 61.3 cm³/mol. The summed E-state index contributed by atoms with van der Waals surface area (Å²) in [6.07, 6.45) is 1.29. The SMILES string of the molecule is CCCC(C(=O)NCC(C)OC)C(N)=NO. The molecule has 0 aliphatic heterocycles. The highest BCUT2D eigenvalue weighted by atomic mass is 16.5. The Morgan fingerprint density at radius 3 is 2.69 bits per heavy atom. The van der Waals surface area contributed by atoms with Crippen LogP contribution in [0.1, 0.15) is 26.7 Å². The number of nitrogens with two attached hydrogens (primary N) is 1. The van der Waals surface area contributed by atoms with Crippen molar-refractivity contribution in [1.82, 2.24) is 5.32 Å². The molecule has 0 radical (unpaired) electrons. The number of methoxy groups -OCH3 is 1. The number of amides is 1. The van der Waals surface area contributed by atoms with E-state index in [1.54, 1.807) is 7.11 Å². The van der Waals surface area contributed by atoms with E-state index in [0.717, 1.165) is 6.42 Å². The molecular formula is C10H21N3O3. The summed E-state index contributed by atoms with van der Waals surface area (Å²) in [5.41, 5.74) is 5.45. The maximum absolute atomic E-state index is 11.7. The smallest absolute Gasteiger partial charge is 0.230 e. The first kappa shape index (κ1) is 14.7. The number of ether oxygens (including phenoxy) is 1. The van der Waals surface area contributed by atoms with Crippen LogP contribution in [0.5, 0.6) is 0 Å². The van der Waals surface area contributed by atoms with Crippen LogP contribution in [-0.2, 0) is 9.53 Å². The van der Waals surface area contributed by atoms with Crippen molar-refractivity contribution in [2.45, 2.75) is 32.8 Å². The molecule has 0 rings (SSSR count). The summed E-state index contributed by atoms with van der Waals surface area (Å²) in [5, 5.41) is 14.1. The second-order valence-corrected chi connectivity index (χ2v) is 3.66. The molecule has 0 saturated heterocycles. The zero-order valence-corrected chi connectivity index (χ0v) is 10.1. The van der Waals surface area contributed by atoms with Gasteiger partial charge in [-0.05, 0) is 13.3 Å². The molecule has 4 N–H and O–H groups in total. The normalized spacial score (nSPS) is 15.6. The van der Waals surface area contributed by atoms with Gasteiger partial charge in [-0.2, -0.15) is 0 Å². The third-order valence-electron chi connectivity index (χ3n) is 2.33. The van der Waals surface area contributed by atoms with Gasteiger partial charge in [-0.15, -0.1) is 0 Å². The van der Waals surface area contributed by atoms with Crippen molar-refractivity contribution in [1.29, 1.82) is 0 Å². The molecule has 94 valence electrons. The van der Waals surface area contributed by atoms with Crippen LogP contribution in [0.25, 0.3) is 0 Å². The van der Waals surface area contributed by atoms with Gasteiger partial charge >= 0.3 is 0 Å². The van der Waals surface area contributed by atoms with E-state index in [9.17, 15) is 4.79 Å². The number of carbonyl (C=O) groups excluding carboxylic acids is 1. The van der Waals surface area contributed by atoms with Gasteiger partial charge in [0.25, 0.3) is 0 Å². The monoisotopic (exact) mass is 231 g/mol. The van der Waals surface area contributed by atoms with E-state index in [2.05, 4.69) is 10.5 Å². The number of amidine groups is 1. The van der Waals surface area contributed by atoms with Crippen LogP contribution in [0.15, 0.2) is 5.16 Å². The molecule has 6 nitrogen and oxygen atoms in total. The lowest BCUT2D eigenvalue weighted by molar-refractivity contribution is -0.123. The maximum atomic E-state index is 11.7. The van der Waals surface area contributed by atoms with Crippen molar-refractivity contribution in [3.8, 4) is 0 Å². The summed E-state index contributed by atoms with van der Waals surface area (Å²) in [4.78, 5) is 11.7. The van der Waals surface area contributed by atoms with Crippen LogP contribution in [0, 0.1) is 5.92 Å². The minimum Gasteiger partial charge on any atom is -0.409 e. The van der Waals surface area contributed by atoms with Gasteiger partial charge in [0.05, 0.1) is 12.0 Å². The topological polar surface area (TPSA) is 96.9 Å². The Morgan fingerprint density at radius 1 is 1.62 bits per heavy atom. The zero-order valence-electron chi connectivity index (χ0n) is 10.1. The van der Waals surface area contributed by atoms with Gasteiger partial charge in [0.15, 0.2) is 5.84 Å². The van der Waals surface area contributed by atoms with Crippen LogP contribution in [0.2, 0.25) is 0 Å². The summed E-state index contributed by atoms with van der Waals surface area (Å²) < 4.78 is 5.00. The number of oxime groups is 1. The number of rotatable bonds is 7. The summed E-state index contributed by atoms with van der Waals surface area (Å²) >= 11 is 0. The third kappa shape index (κ3) is 4.97. The number of hydrogen-bond acceptors (Lipinski definition) is 4. The predicted octanol–water partition coefficient (Wildman–Crippen LogP) is 0.300. The fourth-order valence-corrected chi connectivity index (χ4v) is 1.22. The van der Waals surface area contributed by atoms with Crippen LogP contribution >= 0.6 is 0 Å². The fourth-order valence-electron chi connectivity index (χ4n) is 1.22. The van der Waals surface area contributed by atoms with E-state index >= 15 is 0 Å². The average molecular weight is 231 g/mol. The number of carbonyl (C=O) groups is 1. The largest absolute Gasteiger partial charge is 0.409 e. The van der Waals surface area contributed by atoms with Crippen molar-refractivity contribution in [2.24, 2.45) is 16.8 Å². The molecule has 1 amide bonds. The summed E-state index contributed by atoms with van der Waals surface area (Å²) in [5.74, 6) is -0.857. The lowest BCUT2D eigenvalue weighted by Gasteiger charge is -2.16. The molecule has 0 fully saturated rings. The molecule has 0 saturated carbocycles. The first-order valence-corrected chi connectivity index (χ1v) is 5.34. The van der Waals surface area contributed by atoms with Crippen molar-refractivity contribution < 1.29 is 14.7 Å². The number of nitrogens with one attached hydrogen (secondary N) is 1. The van der Waals surface area contributed by atoms with E-state index in [1.807, 2.05) is 13.8 Å². The summed E-state index contributed by atoms with van der Waals surface area (Å²) in [7, 11) is 1.57. The quantitative estimate of drug-likeness (QED) is 0.254. The van der Waals surface area contributed by atoms with Crippen LogP contribution in [0.3, 0.4) is 0 Å². The van der Waals surface area contributed by atoms with Gasteiger partial charge < -0.3 is 21.0 Å². The number of hydrogen-bond donors (Lipinski definition) is 3. The molecule has 2 unspecified atom stereocenters. The highest BCUT2D eigenvalue weighted by molar-refractivity contribution is 6.02. The average Bonchev–Trinajstić information content (AvgIpc) is 2.31. The molecule has 0 aliphatic carbocycles. The van der Waals surface area contributed by atoms with Gasteiger partial charge in [-0.25, -0.2) is 0 Å². The molecule has 0 heterocycles. The second kappa shape index (κ2) is 7.92. The highest BCUT2D eigenvalue weighted by Gasteiger charge is 2.22. The molecule has 16 heavy (non-hydrogen) atoms. The molecule has 0 aromatic rings. The Morgan fingerprint density at radius 2 is 2.25 bits per heavy atom. The lowest BCUT2D eigenvalue weighted by Crippen LogP contribution is -2.41. The number of nitrogens with zero attached hydrogens (tertiary/aromatic N) is 1. The van der Waals surface area contributed by atoms with Crippen LogP contribution < -0.4 is 11.1 Å². The van der Waals surface area contributed by atoms with Gasteiger partial charge in [0.1, 0.15) is 0 Å². The Balaban J connectivity index is 4.28. The van der Waals surface area contributed by atoms with Crippen molar-refractivity contribution in [3.63, 3.8) is 0 Å². The summed E-state index contributed by atoms with van der Waals surface area (Å²) in [6, 6.07) is 0. The molecule has 2 atom stereocenters. The van der Waals surface area contributed by atoms with Crippen LogP contribution in [0.4, 0.5) is 0 Å². The molecule has 0 aromatic carbocycles. The minimum atomic E-state index is -0.570. The van der Waals surface area contributed by atoms with Gasteiger partial charge in [0, 0.05) is 13.7 Å². The molecule has 0 bridgehead atoms. The van der Waals surface area contributed by atoms with Crippen molar-refractivity contribution in [2.75, 3.05) is 13.7 Å². The lowest BCUT2D eigenvalue weighted by atomic mass is 10.0. The Hall–Kier alpha value is -1.30. The molecule has 0 spiro atoms. The maximum Gasteiger partial charge on any atom is 0.230 e. The van der Waals surface area contributed by atoms with Crippen molar-refractivity contribution >= 4 is 11.7 Å². The first-order valence-electron chi connectivity index (χ1n) is 5.34.